The molecule has 9 heteroatoms. The second kappa shape index (κ2) is 11.9. The van der Waals surface area contributed by atoms with E-state index in [4.69, 9.17) is 18.9 Å². The SMILES string of the molecule is CC(C)(C)OC(=O)NC1CC(Oc2ccc(C(C)(C)c3ccc(Oc4nccc(N5CCOCC5)n4)cc3)cc2)C1. The Morgan fingerprint density at radius 2 is 1.51 bits per heavy atom. The molecule has 0 atom stereocenters. The van der Waals surface area contributed by atoms with Crippen molar-refractivity contribution in [3.05, 3.63) is 71.9 Å². The van der Waals surface area contributed by atoms with E-state index < -0.39 is 5.60 Å². The molecule has 1 amide bonds. The van der Waals surface area contributed by atoms with Gasteiger partial charge in [-0.2, -0.15) is 4.98 Å². The Bertz CT molecular complexity index is 1310. The number of alkyl carbamates (subject to hydrolysis) is 1. The predicted molar refractivity (Wildman–Crippen MR) is 157 cm³/mol. The van der Waals surface area contributed by atoms with E-state index in [9.17, 15) is 4.79 Å². The van der Waals surface area contributed by atoms with Crippen molar-refractivity contribution in [1.82, 2.24) is 15.3 Å². The third-order valence-corrected chi connectivity index (χ3v) is 7.43. The van der Waals surface area contributed by atoms with Crippen molar-refractivity contribution in [2.24, 2.45) is 0 Å². The lowest BCUT2D eigenvalue weighted by atomic mass is 9.78. The first kappa shape index (κ1) is 28.7. The van der Waals surface area contributed by atoms with Gasteiger partial charge in [-0.05, 0) is 62.2 Å². The highest BCUT2D eigenvalue weighted by Gasteiger charge is 2.33. The minimum atomic E-state index is -0.500. The maximum Gasteiger partial charge on any atom is 0.407 e. The molecule has 9 nitrogen and oxygen atoms in total. The molecule has 0 unspecified atom stereocenters. The molecule has 1 aliphatic heterocycles. The molecule has 2 heterocycles. The summed E-state index contributed by atoms with van der Waals surface area (Å²) in [7, 11) is 0. The second-order valence-corrected chi connectivity index (χ2v) is 12.1. The highest BCUT2D eigenvalue weighted by atomic mass is 16.6. The molecule has 0 spiro atoms. The van der Waals surface area contributed by atoms with Crippen LogP contribution in [0.2, 0.25) is 0 Å². The van der Waals surface area contributed by atoms with Crippen molar-refractivity contribution in [3.8, 4) is 17.5 Å². The summed E-state index contributed by atoms with van der Waals surface area (Å²) in [6.07, 6.45) is 2.97. The molecule has 1 saturated carbocycles. The van der Waals surface area contributed by atoms with E-state index in [1.807, 2.05) is 51.1 Å². The number of hydrogen-bond acceptors (Lipinski definition) is 8. The third kappa shape index (κ3) is 7.47. The molecule has 2 fully saturated rings. The molecular formula is C32H40N4O5. The van der Waals surface area contributed by atoms with Crippen LogP contribution in [0.5, 0.6) is 17.5 Å². The average molecular weight is 561 g/mol. The van der Waals surface area contributed by atoms with Gasteiger partial charge in [0.1, 0.15) is 29.0 Å². The number of aromatic nitrogens is 2. The maximum atomic E-state index is 12.0. The molecule has 1 saturated heterocycles. The van der Waals surface area contributed by atoms with Crippen LogP contribution in [0.4, 0.5) is 10.6 Å². The number of benzene rings is 2. The molecule has 1 aliphatic carbocycles. The van der Waals surface area contributed by atoms with Gasteiger partial charge in [0, 0.05) is 43.6 Å². The standard InChI is InChI=1S/C32H40N4O5/c1-31(2,3)41-30(37)34-24-20-27(21-24)39-25-10-6-22(7-11-25)32(4,5)23-8-12-26(13-9-23)40-29-33-15-14-28(35-29)36-16-18-38-19-17-36/h6-15,24,27H,16-21H2,1-5H3,(H,34,37). The maximum absolute atomic E-state index is 12.0. The second-order valence-electron chi connectivity index (χ2n) is 12.1. The van der Waals surface area contributed by atoms with E-state index in [1.165, 1.54) is 5.56 Å². The number of morpholine rings is 1. The van der Waals surface area contributed by atoms with Crippen molar-refractivity contribution in [2.45, 2.75) is 70.6 Å². The lowest BCUT2D eigenvalue weighted by molar-refractivity contribution is 0.0363. The molecule has 1 aromatic heterocycles. The van der Waals surface area contributed by atoms with Gasteiger partial charge in [-0.25, -0.2) is 9.78 Å². The van der Waals surface area contributed by atoms with Gasteiger partial charge in [-0.15, -0.1) is 0 Å². The van der Waals surface area contributed by atoms with E-state index in [0.717, 1.165) is 43.1 Å². The molecule has 1 N–H and O–H groups in total. The van der Waals surface area contributed by atoms with E-state index >= 15 is 0 Å². The van der Waals surface area contributed by atoms with Crippen LogP contribution >= 0.6 is 0 Å². The zero-order valence-electron chi connectivity index (χ0n) is 24.6. The highest BCUT2D eigenvalue weighted by molar-refractivity contribution is 5.68. The molecule has 41 heavy (non-hydrogen) atoms. The molecule has 2 aromatic carbocycles. The number of ether oxygens (including phenoxy) is 4. The number of carbonyl (C=O) groups excluding carboxylic acids is 1. The first-order valence-corrected chi connectivity index (χ1v) is 14.3. The van der Waals surface area contributed by atoms with Crippen molar-refractivity contribution in [2.75, 3.05) is 31.2 Å². The average Bonchev–Trinajstić information content (AvgIpc) is 2.92. The Kier molecular flexibility index (Phi) is 8.35. The fourth-order valence-corrected chi connectivity index (χ4v) is 4.96. The zero-order valence-corrected chi connectivity index (χ0v) is 24.6. The topological polar surface area (TPSA) is 95.0 Å². The van der Waals surface area contributed by atoms with Crippen LogP contribution in [0.25, 0.3) is 0 Å². The van der Waals surface area contributed by atoms with E-state index in [0.29, 0.717) is 25.0 Å². The summed E-state index contributed by atoms with van der Waals surface area (Å²) in [5.41, 5.74) is 1.62. The Balaban J connectivity index is 1.14. The zero-order chi connectivity index (χ0) is 29.0. The van der Waals surface area contributed by atoms with Gasteiger partial charge in [0.15, 0.2) is 0 Å². The van der Waals surface area contributed by atoms with Gasteiger partial charge in [0.05, 0.1) is 13.2 Å². The fourth-order valence-electron chi connectivity index (χ4n) is 4.96. The van der Waals surface area contributed by atoms with Crippen LogP contribution in [0.15, 0.2) is 60.8 Å². The van der Waals surface area contributed by atoms with Crippen LogP contribution in [-0.4, -0.2) is 60.1 Å². The Labute approximate surface area is 242 Å². The number of nitrogens with zero attached hydrogens (tertiary/aromatic N) is 3. The van der Waals surface area contributed by atoms with Crippen LogP contribution in [-0.2, 0) is 14.9 Å². The normalized spacial score (nSPS) is 19.2. The predicted octanol–water partition coefficient (Wildman–Crippen LogP) is 5.87. The van der Waals surface area contributed by atoms with Crippen LogP contribution in [0.1, 0.15) is 58.6 Å². The first-order chi connectivity index (χ1) is 19.5. The van der Waals surface area contributed by atoms with E-state index in [2.05, 4.69) is 58.3 Å². The summed E-state index contributed by atoms with van der Waals surface area (Å²) in [4.78, 5) is 23.0. The lowest BCUT2D eigenvalue weighted by Gasteiger charge is -2.36. The summed E-state index contributed by atoms with van der Waals surface area (Å²) in [5, 5.41) is 2.91. The number of carbonyl (C=O) groups is 1. The van der Waals surface area contributed by atoms with Gasteiger partial charge in [0.25, 0.3) is 0 Å². The number of nitrogens with one attached hydrogen (secondary N) is 1. The fraction of sp³-hybridized carbons (Fsp3) is 0.469. The van der Waals surface area contributed by atoms with Gasteiger partial charge in [0.2, 0.25) is 0 Å². The third-order valence-electron chi connectivity index (χ3n) is 7.43. The molecule has 3 aromatic rings. The van der Waals surface area contributed by atoms with Crippen molar-refractivity contribution < 1.29 is 23.7 Å². The van der Waals surface area contributed by atoms with Crippen molar-refractivity contribution in [3.63, 3.8) is 0 Å². The van der Waals surface area contributed by atoms with E-state index in [-0.39, 0.29) is 23.7 Å². The number of rotatable bonds is 8. The van der Waals surface area contributed by atoms with Gasteiger partial charge in [-0.1, -0.05) is 38.1 Å². The summed E-state index contributed by atoms with van der Waals surface area (Å²) in [5.74, 6) is 2.36. The first-order valence-electron chi connectivity index (χ1n) is 14.3. The number of amides is 1. The Morgan fingerprint density at radius 3 is 2.12 bits per heavy atom. The smallest absolute Gasteiger partial charge is 0.407 e. The number of anilines is 1. The molecule has 2 aliphatic rings. The Morgan fingerprint density at radius 1 is 0.902 bits per heavy atom. The monoisotopic (exact) mass is 560 g/mol. The van der Waals surface area contributed by atoms with Crippen LogP contribution < -0.4 is 19.7 Å². The van der Waals surface area contributed by atoms with Gasteiger partial charge < -0.3 is 29.2 Å². The molecule has 0 bridgehead atoms. The molecule has 218 valence electrons. The van der Waals surface area contributed by atoms with Crippen LogP contribution in [0.3, 0.4) is 0 Å². The lowest BCUT2D eigenvalue weighted by Crippen LogP contribution is -2.50. The largest absolute Gasteiger partial charge is 0.490 e. The molecular weight excluding hydrogens is 520 g/mol. The quantitative estimate of drug-likeness (QED) is 0.366. The van der Waals surface area contributed by atoms with Gasteiger partial charge >= 0.3 is 12.1 Å². The highest BCUT2D eigenvalue weighted by Crippen LogP contribution is 2.35. The summed E-state index contributed by atoms with van der Waals surface area (Å²) >= 11 is 0. The summed E-state index contributed by atoms with van der Waals surface area (Å²) in [6.45, 7) is 13.0. The van der Waals surface area contributed by atoms with Crippen molar-refractivity contribution in [1.29, 1.82) is 0 Å². The summed E-state index contributed by atoms with van der Waals surface area (Å²) < 4.78 is 22.9. The number of hydrogen-bond donors (Lipinski definition) is 1. The van der Waals surface area contributed by atoms with Gasteiger partial charge in [-0.3, -0.25) is 0 Å². The van der Waals surface area contributed by atoms with Crippen molar-refractivity contribution >= 4 is 11.9 Å². The molecule has 5 rings (SSSR count). The van der Waals surface area contributed by atoms with Crippen LogP contribution in [0, 0.1) is 0 Å². The Hall–Kier alpha value is -3.85. The molecule has 0 radical (unpaired) electrons. The minimum absolute atomic E-state index is 0.0832. The minimum Gasteiger partial charge on any atom is -0.490 e. The van der Waals surface area contributed by atoms with E-state index in [1.54, 1.807) is 6.20 Å². The summed E-state index contributed by atoms with van der Waals surface area (Å²) in [6, 6.07) is 18.6.